The van der Waals surface area contributed by atoms with Gasteiger partial charge in [-0.3, -0.25) is 0 Å². The molecule has 1 saturated carbocycles. The maximum absolute atomic E-state index is 12.4. The Labute approximate surface area is 99.9 Å². The summed E-state index contributed by atoms with van der Waals surface area (Å²) in [7, 11) is -2.97. The highest BCUT2D eigenvalue weighted by atomic mass is 32.2. The Balaban J connectivity index is 2.82. The number of rotatable bonds is 5. The van der Waals surface area contributed by atoms with Gasteiger partial charge in [0.05, 0.1) is 10.5 Å². The second-order valence-corrected chi connectivity index (χ2v) is 7.70. The molecule has 0 heterocycles. The zero-order valence-electron chi connectivity index (χ0n) is 10.9. The van der Waals surface area contributed by atoms with E-state index in [9.17, 15) is 8.42 Å². The molecule has 1 rings (SSSR count). The average molecular weight is 247 g/mol. The maximum Gasteiger partial charge on any atom is 0.157 e. The maximum atomic E-state index is 12.4. The predicted molar refractivity (Wildman–Crippen MR) is 68.3 cm³/mol. The first-order chi connectivity index (χ1) is 7.41. The zero-order valence-corrected chi connectivity index (χ0v) is 11.7. The van der Waals surface area contributed by atoms with Crippen LogP contribution in [-0.2, 0) is 9.84 Å². The summed E-state index contributed by atoms with van der Waals surface area (Å²) in [5.74, 6) is 0.202. The lowest BCUT2D eigenvalue weighted by molar-refractivity contribution is 0.496. The second-order valence-electron chi connectivity index (χ2n) is 5.17. The van der Waals surface area contributed by atoms with E-state index in [1.807, 2.05) is 27.7 Å². The Morgan fingerprint density at radius 3 is 2.38 bits per heavy atom. The molecule has 0 amide bonds. The van der Waals surface area contributed by atoms with Gasteiger partial charge in [0.15, 0.2) is 9.84 Å². The minimum absolute atomic E-state index is 0.162. The Kier molecular flexibility index (Phi) is 4.80. The van der Waals surface area contributed by atoms with Crippen LogP contribution in [0.2, 0.25) is 0 Å². The summed E-state index contributed by atoms with van der Waals surface area (Å²) in [4.78, 5) is 0. The van der Waals surface area contributed by atoms with Crippen molar-refractivity contribution in [2.75, 3.05) is 6.54 Å². The van der Waals surface area contributed by atoms with Crippen LogP contribution in [0.5, 0.6) is 0 Å². The molecule has 3 nitrogen and oxygen atoms in total. The van der Waals surface area contributed by atoms with Crippen molar-refractivity contribution in [3.8, 4) is 0 Å². The van der Waals surface area contributed by atoms with Crippen molar-refractivity contribution < 1.29 is 8.42 Å². The summed E-state index contributed by atoms with van der Waals surface area (Å²) in [5, 5.41) is 2.93. The third kappa shape index (κ3) is 2.77. The van der Waals surface area contributed by atoms with Crippen molar-refractivity contribution in [2.24, 2.45) is 5.92 Å². The van der Waals surface area contributed by atoms with Gasteiger partial charge in [-0.2, -0.15) is 0 Å². The molecule has 96 valence electrons. The van der Waals surface area contributed by atoms with Gasteiger partial charge in [-0.15, -0.1) is 0 Å². The standard InChI is InChI=1S/C12H25NO2S/c1-5-13-11-7-6-8-12(11)16(14,15)10(4)9(2)3/h9-13H,5-8H2,1-4H3. The SMILES string of the molecule is CCNC1CCCC1S(=O)(=O)C(C)C(C)C. The largest absolute Gasteiger partial charge is 0.313 e. The highest BCUT2D eigenvalue weighted by molar-refractivity contribution is 7.92. The van der Waals surface area contributed by atoms with Gasteiger partial charge in [0.25, 0.3) is 0 Å². The van der Waals surface area contributed by atoms with Crippen molar-refractivity contribution in [1.82, 2.24) is 5.32 Å². The van der Waals surface area contributed by atoms with Gasteiger partial charge >= 0.3 is 0 Å². The Morgan fingerprint density at radius 2 is 1.88 bits per heavy atom. The Bertz CT molecular complexity index is 311. The van der Waals surface area contributed by atoms with Crippen LogP contribution >= 0.6 is 0 Å². The van der Waals surface area contributed by atoms with E-state index in [2.05, 4.69) is 5.32 Å². The predicted octanol–water partition coefficient (Wildman–Crippen LogP) is 1.98. The average Bonchev–Trinajstić information content (AvgIpc) is 2.65. The van der Waals surface area contributed by atoms with Gasteiger partial charge in [0, 0.05) is 6.04 Å². The van der Waals surface area contributed by atoms with Crippen LogP contribution < -0.4 is 5.32 Å². The van der Waals surface area contributed by atoms with Gasteiger partial charge in [0.2, 0.25) is 0 Å². The Hall–Kier alpha value is -0.0900. The molecule has 3 unspecified atom stereocenters. The first kappa shape index (κ1) is 14.0. The molecular formula is C12H25NO2S. The Morgan fingerprint density at radius 1 is 1.25 bits per heavy atom. The van der Waals surface area contributed by atoms with E-state index in [4.69, 9.17) is 0 Å². The van der Waals surface area contributed by atoms with Crippen LogP contribution in [0.3, 0.4) is 0 Å². The molecule has 0 bridgehead atoms. The van der Waals surface area contributed by atoms with Crippen LogP contribution in [0.25, 0.3) is 0 Å². The van der Waals surface area contributed by atoms with Gasteiger partial charge in [-0.25, -0.2) is 8.42 Å². The van der Waals surface area contributed by atoms with E-state index in [1.165, 1.54) is 0 Å². The van der Waals surface area contributed by atoms with Crippen molar-refractivity contribution >= 4 is 9.84 Å². The second kappa shape index (κ2) is 5.50. The molecule has 1 aliphatic carbocycles. The highest BCUT2D eigenvalue weighted by Crippen LogP contribution is 2.30. The fourth-order valence-electron chi connectivity index (χ4n) is 2.47. The molecule has 1 fully saturated rings. The van der Waals surface area contributed by atoms with Crippen molar-refractivity contribution in [3.05, 3.63) is 0 Å². The fourth-order valence-corrected chi connectivity index (χ4v) is 4.97. The summed E-state index contributed by atoms with van der Waals surface area (Å²) in [6.45, 7) is 8.71. The van der Waals surface area contributed by atoms with Crippen LogP contribution in [-0.4, -0.2) is 31.5 Å². The quantitative estimate of drug-likeness (QED) is 0.808. The van der Waals surface area contributed by atoms with E-state index < -0.39 is 9.84 Å². The molecule has 0 aromatic heterocycles. The molecule has 3 atom stereocenters. The first-order valence-corrected chi connectivity index (χ1v) is 7.98. The van der Waals surface area contributed by atoms with Crippen molar-refractivity contribution in [1.29, 1.82) is 0 Å². The molecule has 0 saturated heterocycles. The number of sulfone groups is 1. The third-order valence-electron chi connectivity index (χ3n) is 3.80. The molecule has 1 N–H and O–H groups in total. The molecule has 0 spiro atoms. The molecule has 0 aromatic rings. The summed E-state index contributed by atoms with van der Waals surface area (Å²) in [6.07, 6.45) is 2.87. The van der Waals surface area contributed by atoms with Crippen molar-refractivity contribution in [3.63, 3.8) is 0 Å². The van der Waals surface area contributed by atoms with Crippen molar-refractivity contribution in [2.45, 2.75) is 63.5 Å². The monoisotopic (exact) mass is 247 g/mol. The van der Waals surface area contributed by atoms with Crippen LogP contribution in [0.15, 0.2) is 0 Å². The number of hydrogen-bond donors (Lipinski definition) is 1. The van der Waals surface area contributed by atoms with Gasteiger partial charge in [0.1, 0.15) is 0 Å². The summed E-state index contributed by atoms with van der Waals surface area (Å²) in [6, 6.07) is 0.177. The fraction of sp³-hybridized carbons (Fsp3) is 1.00. The molecule has 0 radical (unpaired) electrons. The lowest BCUT2D eigenvalue weighted by Crippen LogP contribution is -2.44. The normalized spacial score (nSPS) is 28.6. The molecular weight excluding hydrogens is 222 g/mol. The molecule has 1 aliphatic rings. The summed E-state index contributed by atoms with van der Waals surface area (Å²) in [5.41, 5.74) is 0. The lowest BCUT2D eigenvalue weighted by Gasteiger charge is -2.26. The summed E-state index contributed by atoms with van der Waals surface area (Å²) < 4.78 is 24.8. The smallest absolute Gasteiger partial charge is 0.157 e. The van der Waals surface area contributed by atoms with E-state index in [-0.39, 0.29) is 22.5 Å². The van der Waals surface area contributed by atoms with E-state index in [0.29, 0.717) is 0 Å². The summed E-state index contributed by atoms with van der Waals surface area (Å²) >= 11 is 0. The molecule has 4 heteroatoms. The lowest BCUT2D eigenvalue weighted by atomic mass is 10.2. The van der Waals surface area contributed by atoms with E-state index >= 15 is 0 Å². The van der Waals surface area contributed by atoms with E-state index in [1.54, 1.807) is 0 Å². The van der Waals surface area contributed by atoms with E-state index in [0.717, 1.165) is 25.8 Å². The third-order valence-corrected chi connectivity index (χ3v) is 6.79. The van der Waals surface area contributed by atoms with Crippen LogP contribution in [0, 0.1) is 5.92 Å². The van der Waals surface area contributed by atoms with Crippen LogP contribution in [0.4, 0.5) is 0 Å². The van der Waals surface area contributed by atoms with Gasteiger partial charge in [-0.1, -0.05) is 27.2 Å². The first-order valence-electron chi connectivity index (χ1n) is 6.37. The zero-order chi connectivity index (χ0) is 12.3. The number of hydrogen-bond acceptors (Lipinski definition) is 3. The highest BCUT2D eigenvalue weighted by Gasteiger charge is 2.40. The van der Waals surface area contributed by atoms with Crippen LogP contribution in [0.1, 0.15) is 47.0 Å². The molecule has 0 aromatic carbocycles. The van der Waals surface area contributed by atoms with Gasteiger partial charge < -0.3 is 5.32 Å². The molecule has 16 heavy (non-hydrogen) atoms. The minimum Gasteiger partial charge on any atom is -0.313 e. The van der Waals surface area contributed by atoms with Gasteiger partial charge in [-0.05, 0) is 32.2 Å². The minimum atomic E-state index is -2.97. The molecule has 0 aliphatic heterocycles. The topological polar surface area (TPSA) is 46.2 Å². The number of nitrogens with one attached hydrogen (secondary N) is 1.